The number of aryl methyl sites for hydroxylation is 2. The molecule has 0 aliphatic carbocycles. The molecular weight excluding hydrogens is 254 g/mol. The van der Waals surface area contributed by atoms with Crippen molar-refractivity contribution in [2.75, 3.05) is 0 Å². The maximum Gasteiger partial charge on any atom is 0.269 e. The van der Waals surface area contributed by atoms with Crippen molar-refractivity contribution in [3.8, 4) is 0 Å². The van der Waals surface area contributed by atoms with E-state index in [9.17, 15) is 9.59 Å². The molecule has 0 saturated carbocycles. The van der Waals surface area contributed by atoms with E-state index in [2.05, 4.69) is 15.8 Å². The Morgan fingerprint density at radius 2 is 1.85 bits per heavy atom. The molecule has 5 heteroatoms. The van der Waals surface area contributed by atoms with E-state index < -0.39 is 0 Å². The van der Waals surface area contributed by atoms with Crippen LogP contribution in [0.15, 0.2) is 18.2 Å². The number of aromatic nitrogens is 1. The lowest BCUT2D eigenvalue weighted by Gasteiger charge is -2.09. The Labute approximate surface area is 117 Å². The molecule has 0 aliphatic heterocycles. The van der Waals surface area contributed by atoms with Gasteiger partial charge in [-0.1, -0.05) is 13.8 Å². The molecule has 0 saturated heterocycles. The van der Waals surface area contributed by atoms with Crippen molar-refractivity contribution in [1.82, 2.24) is 15.8 Å². The Balaban J connectivity index is 2.18. The first-order chi connectivity index (χ1) is 9.40. The molecular formula is C15H19N3O2. The van der Waals surface area contributed by atoms with E-state index in [0.717, 1.165) is 22.2 Å². The molecule has 2 aromatic rings. The van der Waals surface area contributed by atoms with Crippen LogP contribution in [-0.2, 0) is 4.79 Å². The zero-order valence-corrected chi connectivity index (χ0v) is 12.1. The number of nitrogens with one attached hydrogen (secondary N) is 3. The highest BCUT2D eigenvalue weighted by atomic mass is 16.2. The summed E-state index contributed by atoms with van der Waals surface area (Å²) < 4.78 is 0. The molecule has 2 amide bonds. The fourth-order valence-electron chi connectivity index (χ4n) is 1.94. The lowest BCUT2D eigenvalue weighted by molar-refractivity contribution is -0.124. The van der Waals surface area contributed by atoms with Crippen LogP contribution in [0.5, 0.6) is 0 Å². The van der Waals surface area contributed by atoms with Gasteiger partial charge in [0.25, 0.3) is 5.91 Å². The Bertz CT molecular complexity index is 671. The highest BCUT2D eigenvalue weighted by molar-refractivity contribution is 5.99. The summed E-state index contributed by atoms with van der Waals surface area (Å²) in [4.78, 5) is 26.7. The van der Waals surface area contributed by atoms with Crippen molar-refractivity contribution < 1.29 is 9.59 Å². The van der Waals surface area contributed by atoms with Crippen molar-refractivity contribution >= 4 is 22.7 Å². The van der Waals surface area contributed by atoms with Gasteiger partial charge in [-0.25, -0.2) is 0 Å². The highest BCUT2D eigenvalue weighted by Crippen LogP contribution is 2.22. The topological polar surface area (TPSA) is 74.0 Å². The summed E-state index contributed by atoms with van der Waals surface area (Å²) >= 11 is 0. The summed E-state index contributed by atoms with van der Waals surface area (Å²) in [7, 11) is 0. The molecule has 0 bridgehead atoms. The summed E-state index contributed by atoms with van der Waals surface area (Å²) in [5.41, 5.74) is 8.56. The number of hydrogen-bond acceptors (Lipinski definition) is 2. The Hall–Kier alpha value is -2.30. The van der Waals surface area contributed by atoms with Crippen LogP contribution in [0.1, 0.15) is 35.5 Å². The first kappa shape index (κ1) is 14.1. The Morgan fingerprint density at radius 1 is 1.15 bits per heavy atom. The van der Waals surface area contributed by atoms with E-state index in [1.165, 1.54) is 0 Å². The van der Waals surface area contributed by atoms with E-state index in [0.29, 0.717) is 5.56 Å². The Kier molecular flexibility index (Phi) is 3.79. The molecule has 2 rings (SSSR count). The molecule has 1 heterocycles. The number of hydrogen-bond donors (Lipinski definition) is 3. The predicted molar refractivity (Wildman–Crippen MR) is 78.2 cm³/mol. The number of amides is 2. The molecule has 20 heavy (non-hydrogen) atoms. The molecule has 0 fully saturated rings. The summed E-state index contributed by atoms with van der Waals surface area (Å²) in [6.07, 6.45) is 0. The monoisotopic (exact) mass is 273 g/mol. The molecule has 0 aliphatic rings. The average molecular weight is 273 g/mol. The van der Waals surface area contributed by atoms with Gasteiger partial charge in [0.05, 0.1) is 0 Å². The van der Waals surface area contributed by atoms with Crippen LogP contribution in [0.4, 0.5) is 0 Å². The van der Waals surface area contributed by atoms with Crippen LogP contribution in [0.25, 0.3) is 10.9 Å². The number of H-pyrrole nitrogens is 1. The summed E-state index contributed by atoms with van der Waals surface area (Å²) in [5.74, 6) is -0.709. The van der Waals surface area contributed by atoms with Crippen LogP contribution < -0.4 is 10.9 Å². The minimum atomic E-state index is -0.320. The minimum absolute atomic E-state index is 0.174. The Morgan fingerprint density at radius 3 is 2.50 bits per heavy atom. The fourth-order valence-corrected chi connectivity index (χ4v) is 1.94. The number of carbonyl (C=O) groups is 2. The first-order valence-electron chi connectivity index (χ1n) is 6.59. The largest absolute Gasteiger partial charge is 0.358 e. The standard InChI is InChI=1S/C15H19N3O2/c1-8(2)14(19)17-18-15(20)11-5-6-13-12(7-11)9(3)10(4)16-13/h5-8,16H,1-4H3,(H,17,19)(H,18,20). The maximum absolute atomic E-state index is 12.0. The van der Waals surface area contributed by atoms with Crippen LogP contribution in [0.2, 0.25) is 0 Å². The molecule has 0 spiro atoms. The van der Waals surface area contributed by atoms with Gasteiger partial charge < -0.3 is 4.98 Å². The lowest BCUT2D eigenvalue weighted by Crippen LogP contribution is -2.43. The van der Waals surface area contributed by atoms with Crippen molar-refractivity contribution in [3.05, 3.63) is 35.0 Å². The number of carbonyl (C=O) groups excluding carboxylic acids is 2. The van der Waals surface area contributed by atoms with E-state index in [4.69, 9.17) is 0 Å². The SMILES string of the molecule is Cc1[nH]c2ccc(C(=O)NNC(=O)C(C)C)cc2c1C. The van der Waals surface area contributed by atoms with E-state index in [-0.39, 0.29) is 17.7 Å². The van der Waals surface area contributed by atoms with Crippen LogP contribution >= 0.6 is 0 Å². The number of rotatable bonds is 2. The van der Waals surface area contributed by atoms with Gasteiger partial charge in [-0.3, -0.25) is 20.4 Å². The minimum Gasteiger partial charge on any atom is -0.358 e. The van der Waals surface area contributed by atoms with Crippen molar-refractivity contribution in [1.29, 1.82) is 0 Å². The number of aromatic amines is 1. The summed E-state index contributed by atoms with van der Waals surface area (Å²) in [6.45, 7) is 7.54. The third-order valence-corrected chi connectivity index (χ3v) is 3.39. The maximum atomic E-state index is 12.0. The van der Waals surface area contributed by atoms with Gasteiger partial charge in [0, 0.05) is 28.1 Å². The second-order valence-corrected chi connectivity index (χ2v) is 5.23. The number of hydrazine groups is 1. The zero-order chi connectivity index (χ0) is 14.9. The normalized spacial score (nSPS) is 10.8. The lowest BCUT2D eigenvalue weighted by atomic mass is 10.1. The van der Waals surface area contributed by atoms with E-state index >= 15 is 0 Å². The van der Waals surface area contributed by atoms with E-state index in [1.807, 2.05) is 26.0 Å². The summed E-state index contributed by atoms with van der Waals surface area (Å²) in [6, 6.07) is 5.42. The fraction of sp³-hybridized carbons (Fsp3) is 0.333. The smallest absolute Gasteiger partial charge is 0.269 e. The molecule has 0 radical (unpaired) electrons. The van der Waals surface area contributed by atoms with Gasteiger partial charge in [0.2, 0.25) is 5.91 Å². The van der Waals surface area contributed by atoms with Crippen molar-refractivity contribution in [2.24, 2.45) is 5.92 Å². The van der Waals surface area contributed by atoms with Crippen LogP contribution in [-0.4, -0.2) is 16.8 Å². The second-order valence-electron chi connectivity index (χ2n) is 5.23. The van der Waals surface area contributed by atoms with Crippen molar-refractivity contribution in [3.63, 3.8) is 0 Å². The molecule has 1 aromatic carbocycles. The predicted octanol–water partition coefficient (Wildman–Crippen LogP) is 2.20. The quantitative estimate of drug-likeness (QED) is 0.734. The molecule has 5 nitrogen and oxygen atoms in total. The first-order valence-corrected chi connectivity index (χ1v) is 6.59. The van der Waals surface area contributed by atoms with Gasteiger partial charge in [-0.05, 0) is 37.6 Å². The third-order valence-electron chi connectivity index (χ3n) is 3.39. The van der Waals surface area contributed by atoms with Gasteiger partial charge in [-0.2, -0.15) is 0 Å². The highest BCUT2D eigenvalue weighted by Gasteiger charge is 2.12. The second kappa shape index (κ2) is 5.36. The molecule has 1 aromatic heterocycles. The van der Waals surface area contributed by atoms with Crippen LogP contribution in [0, 0.1) is 19.8 Å². The third kappa shape index (κ3) is 2.66. The van der Waals surface area contributed by atoms with Gasteiger partial charge in [-0.15, -0.1) is 0 Å². The van der Waals surface area contributed by atoms with E-state index in [1.54, 1.807) is 19.9 Å². The number of fused-ring (bicyclic) bond motifs is 1. The molecule has 106 valence electrons. The van der Waals surface area contributed by atoms with Crippen LogP contribution in [0.3, 0.4) is 0 Å². The molecule has 0 unspecified atom stereocenters. The summed E-state index contributed by atoms with van der Waals surface area (Å²) in [5, 5.41) is 1.02. The van der Waals surface area contributed by atoms with Gasteiger partial charge in [0.15, 0.2) is 0 Å². The average Bonchev–Trinajstić information content (AvgIpc) is 2.70. The van der Waals surface area contributed by atoms with Gasteiger partial charge in [0.1, 0.15) is 0 Å². The number of benzene rings is 1. The molecule has 0 atom stereocenters. The van der Waals surface area contributed by atoms with Crippen molar-refractivity contribution in [2.45, 2.75) is 27.7 Å². The molecule has 3 N–H and O–H groups in total. The zero-order valence-electron chi connectivity index (χ0n) is 12.1. The van der Waals surface area contributed by atoms with Gasteiger partial charge >= 0.3 is 0 Å².